The second-order valence-corrected chi connectivity index (χ2v) is 4.63. The Balaban J connectivity index is 2.97. The number of methoxy groups -OCH3 is 1. The average molecular weight is 320 g/mol. The lowest BCUT2D eigenvalue weighted by atomic mass is 10.0. The van der Waals surface area contributed by atoms with Crippen LogP contribution in [0.15, 0.2) is 12.1 Å². The van der Waals surface area contributed by atoms with E-state index in [1.165, 1.54) is 13.0 Å². The Bertz CT molecular complexity index is 749. The molecule has 1 heterocycles. The van der Waals surface area contributed by atoms with Crippen LogP contribution in [0.4, 0.5) is 13.2 Å². The van der Waals surface area contributed by atoms with E-state index < -0.39 is 39.5 Å². The number of Topliss-reactive ketones (excluding diaryl/α,β-unsaturated/α-hetero) is 1. The topological polar surface area (TPSA) is 59.2 Å². The molecule has 2 rings (SSSR count). The first-order valence-corrected chi connectivity index (χ1v) is 6.07. The predicted molar refractivity (Wildman–Crippen MR) is 69.8 cm³/mol. The first-order valence-electron chi connectivity index (χ1n) is 5.69. The van der Waals surface area contributed by atoms with Crippen molar-refractivity contribution in [1.29, 1.82) is 0 Å². The number of hydrogen-bond donors (Lipinski definition) is 1. The van der Waals surface area contributed by atoms with Gasteiger partial charge in [0.05, 0.1) is 12.7 Å². The molecule has 0 fully saturated rings. The fourth-order valence-electron chi connectivity index (χ4n) is 2.23. The van der Waals surface area contributed by atoms with Gasteiger partial charge in [-0.25, -0.2) is 0 Å². The number of halogens is 4. The average Bonchev–Trinajstić information content (AvgIpc) is 2.70. The number of ketones is 1. The Morgan fingerprint density at radius 1 is 1.29 bits per heavy atom. The van der Waals surface area contributed by atoms with Crippen molar-refractivity contribution in [2.45, 2.75) is 13.1 Å². The van der Waals surface area contributed by atoms with E-state index in [4.69, 9.17) is 16.3 Å². The van der Waals surface area contributed by atoms with E-state index in [2.05, 4.69) is 4.98 Å². The third-order valence-electron chi connectivity index (χ3n) is 3.02. The number of hydrogen-bond acceptors (Lipinski definition) is 3. The van der Waals surface area contributed by atoms with Gasteiger partial charge >= 0.3 is 6.18 Å². The second-order valence-electron chi connectivity index (χ2n) is 4.29. The van der Waals surface area contributed by atoms with Crippen molar-refractivity contribution >= 4 is 33.5 Å². The molecule has 4 nitrogen and oxygen atoms in total. The zero-order chi connectivity index (χ0) is 15.9. The number of nitrogens with one attached hydrogen (secondary N) is 1. The van der Waals surface area contributed by atoms with Crippen LogP contribution in [-0.2, 0) is 11.0 Å². The third kappa shape index (κ3) is 2.49. The lowest BCUT2D eigenvalue weighted by Gasteiger charge is -2.13. The van der Waals surface area contributed by atoms with Crippen molar-refractivity contribution in [2.75, 3.05) is 7.11 Å². The number of carbonyl (C=O) groups excluding carboxylic acids is 2. The Morgan fingerprint density at radius 3 is 2.38 bits per heavy atom. The van der Waals surface area contributed by atoms with E-state index in [-0.39, 0.29) is 11.2 Å². The number of carbonyl (C=O) groups is 2. The van der Waals surface area contributed by atoms with E-state index in [1.54, 1.807) is 0 Å². The molecule has 0 aliphatic carbocycles. The molecule has 0 radical (unpaired) electrons. The Morgan fingerprint density at radius 2 is 1.90 bits per heavy atom. The minimum absolute atomic E-state index is 0.0712. The van der Waals surface area contributed by atoms with Crippen LogP contribution in [0.1, 0.15) is 21.6 Å². The summed E-state index contributed by atoms with van der Waals surface area (Å²) in [6, 6.07) is 2.48. The van der Waals surface area contributed by atoms with Crippen molar-refractivity contribution < 1.29 is 27.5 Å². The van der Waals surface area contributed by atoms with Gasteiger partial charge < -0.3 is 9.72 Å². The zero-order valence-electron chi connectivity index (χ0n) is 10.9. The molecule has 0 saturated heterocycles. The van der Waals surface area contributed by atoms with Gasteiger partial charge in [0.25, 0.3) is 5.24 Å². The van der Waals surface area contributed by atoms with Gasteiger partial charge in [0, 0.05) is 16.6 Å². The Labute approximate surface area is 121 Å². The van der Waals surface area contributed by atoms with Gasteiger partial charge in [-0.15, -0.1) is 0 Å². The highest BCUT2D eigenvalue weighted by atomic mass is 35.5. The number of rotatable bonds is 3. The van der Waals surface area contributed by atoms with E-state index in [9.17, 15) is 22.8 Å². The molecule has 0 aliphatic heterocycles. The molecule has 0 atom stereocenters. The van der Waals surface area contributed by atoms with E-state index in [1.807, 2.05) is 0 Å². The molecule has 0 unspecified atom stereocenters. The Hall–Kier alpha value is -2.02. The number of benzene rings is 1. The smallest absolute Gasteiger partial charge is 0.420 e. The van der Waals surface area contributed by atoms with Gasteiger partial charge in [-0.05, 0) is 30.7 Å². The van der Waals surface area contributed by atoms with Crippen LogP contribution in [0.5, 0.6) is 5.75 Å². The summed E-state index contributed by atoms with van der Waals surface area (Å²) in [4.78, 5) is 25.5. The fraction of sp³-hybridized carbons (Fsp3) is 0.231. The first kappa shape index (κ1) is 15.4. The molecule has 0 saturated carbocycles. The first-order chi connectivity index (χ1) is 9.68. The van der Waals surface area contributed by atoms with Gasteiger partial charge in [0.15, 0.2) is 0 Å². The van der Waals surface area contributed by atoms with Crippen molar-refractivity contribution in [1.82, 2.24) is 4.98 Å². The molecular weight excluding hydrogens is 311 g/mol. The SMILES string of the molecule is COc1ccc2[nH]c(C)c(C(=O)C(=O)Cl)c2c1C(F)(F)F. The molecule has 1 aromatic heterocycles. The normalized spacial score (nSPS) is 11.7. The minimum Gasteiger partial charge on any atom is -0.496 e. The molecule has 21 heavy (non-hydrogen) atoms. The van der Waals surface area contributed by atoms with Crippen LogP contribution in [0.25, 0.3) is 10.9 Å². The van der Waals surface area contributed by atoms with Gasteiger partial charge in [-0.3, -0.25) is 9.59 Å². The maximum absolute atomic E-state index is 13.3. The summed E-state index contributed by atoms with van der Waals surface area (Å²) < 4.78 is 44.6. The standard InChI is InChI=1S/C13H9ClF3NO3/c1-5-8(11(19)12(14)20)9-6(18-5)3-4-7(21-2)10(9)13(15,16)17/h3-4,18H,1-2H3. The lowest BCUT2D eigenvalue weighted by molar-refractivity contribution is -0.137. The molecule has 112 valence electrons. The number of alkyl halides is 3. The van der Waals surface area contributed by atoms with Crippen molar-refractivity contribution in [2.24, 2.45) is 0 Å². The third-order valence-corrected chi connectivity index (χ3v) is 3.19. The van der Waals surface area contributed by atoms with Gasteiger partial charge in [0.2, 0.25) is 5.78 Å². The molecule has 0 aliphatic rings. The highest BCUT2D eigenvalue weighted by Crippen LogP contribution is 2.43. The molecule has 1 aromatic carbocycles. The summed E-state index contributed by atoms with van der Waals surface area (Å²) in [6.45, 7) is 1.39. The summed E-state index contributed by atoms with van der Waals surface area (Å²) >= 11 is 5.12. The van der Waals surface area contributed by atoms with Gasteiger partial charge in [-0.1, -0.05) is 0 Å². The summed E-state index contributed by atoms with van der Waals surface area (Å²) in [7, 11) is 1.09. The lowest BCUT2D eigenvalue weighted by Crippen LogP contribution is -2.13. The fourth-order valence-corrected chi connectivity index (χ4v) is 2.33. The zero-order valence-corrected chi connectivity index (χ0v) is 11.6. The van der Waals surface area contributed by atoms with Crippen molar-refractivity contribution in [3.63, 3.8) is 0 Å². The number of aromatic amines is 1. The maximum atomic E-state index is 13.3. The molecule has 0 amide bonds. The van der Waals surface area contributed by atoms with E-state index in [0.717, 1.165) is 13.2 Å². The quantitative estimate of drug-likeness (QED) is 0.535. The number of ether oxygens (including phenoxy) is 1. The van der Waals surface area contributed by atoms with Crippen LogP contribution in [0, 0.1) is 6.92 Å². The Kier molecular flexibility index (Phi) is 3.71. The predicted octanol–water partition coefficient (Wildman–Crippen LogP) is 3.45. The summed E-state index contributed by atoms with van der Waals surface area (Å²) in [5.41, 5.74) is -1.31. The summed E-state index contributed by atoms with van der Waals surface area (Å²) in [5, 5.41) is -1.77. The summed E-state index contributed by atoms with van der Waals surface area (Å²) in [5.74, 6) is -1.63. The minimum atomic E-state index is -4.76. The van der Waals surface area contributed by atoms with E-state index in [0.29, 0.717) is 0 Å². The molecular formula is C13H9ClF3NO3. The number of fused-ring (bicyclic) bond motifs is 1. The number of aryl methyl sites for hydroxylation is 1. The number of H-pyrrole nitrogens is 1. The van der Waals surface area contributed by atoms with Crippen LogP contribution in [-0.4, -0.2) is 23.1 Å². The maximum Gasteiger partial charge on any atom is 0.420 e. The van der Waals surface area contributed by atoms with Gasteiger partial charge in [-0.2, -0.15) is 13.2 Å². The van der Waals surface area contributed by atoms with Crippen molar-refractivity contribution in [3.05, 3.63) is 29.0 Å². The second kappa shape index (κ2) is 5.07. The molecule has 8 heteroatoms. The molecule has 2 aromatic rings. The number of aromatic nitrogens is 1. The van der Waals surface area contributed by atoms with E-state index >= 15 is 0 Å². The monoisotopic (exact) mass is 319 g/mol. The largest absolute Gasteiger partial charge is 0.496 e. The summed E-state index contributed by atoms with van der Waals surface area (Å²) in [6.07, 6.45) is -4.76. The van der Waals surface area contributed by atoms with Crippen LogP contribution in [0.2, 0.25) is 0 Å². The molecule has 0 spiro atoms. The van der Waals surface area contributed by atoms with Crippen LogP contribution in [0.3, 0.4) is 0 Å². The van der Waals surface area contributed by atoms with Crippen LogP contribution >= 0.6 is 11.6 Å². The molecule has 1 N–H and O–H groups in total. The highest BCUT2D eigenvalue weighted by Gasteiger charge is 2.39. The molecule has 0 bridgehead atoms. The highest BCUT2D eigenvalue weighted by molar-refractivity contribution is 6.83. The van der Waals surface area contributed by atoms with Crippen molar-refractivity contribution in [3.8, 4) is 5.75 Å². The van der Waals surface area contributed by atoms with Crippen LogP contribution < -0.4 is 4.74 Å². The van der Waals surface area contributed by atoms with Gasteiger partial charge in [0.1, 0.15) is 11.3 Å².